The van der Waals surface area contributed by atoms with Gasteiger partial charge in [-0.2, -0.15) is 5.26 Å². The number of allylic oxidation sites excluding steroid dienone is 2. The number of rotatable bonds is 4. The van der Waals surface area contributed by atoms with E-state index in [1.807, 2.05) is 19.9 Å². The Balaban J connectivity index is 2.12. The summed E-state index contributed by atoms with van der Waals surface area (Å²) in [6, 6.07) is 2.46. The van der Waals surface area contributed by atoms with Gasteiger partial charge in [0.15, 0.2) is 11.6 Å². The molecule has 0 amide bonds. The predicted molar refractivity (Wildman–Crippen MR) is 81.0 cm³/mol. The van der Waals surface area contributed by atoms with E-state index in [2.05, 4.69) is 0 Å². The van der Waals surface area contributed by atoms with E-state index in [1.54, 1.807) is 13.0 Å². The van der Waals surface area contributed by atoms with Gasteiger partial charge in [0.1, 0.15) is 12.4 Å². The van der Waals surface area contributed by atoms with Gasteiger partial charge < -0.3 is 4.74 Å². The second-order valence-electron chi connectivity index (χ2n) is 6.65. The lowest BCUT2D eigenvalue weighted by atomic mass is 10.1. The van der Waals surface area contributed by atoms with Gasteiger partial charge >= 0.3 is 5.97 Å². The minimum Gasteiger partial charge on any atom is -0.460 e. The summed E-state index contributed by atoms with van der Waals surface area (Å²) < 4.78 is 45.6. The largest absolute Gasteiger partial charge is 0.460 e. The van der Waals surface area contributed by atoms with Crippen molar-refractivity contribution in [2.24, 2.45) is 17.3 Å². The lowest BCUT2D eigenvalue weighted by Gasteiger charge is -2.10. The minimum absolute atomic E-state index is 0.0893. The van der Waals surface area contributed by atoms with Crippen LogP contribution in [0.15, 0.2) is 17.7 Å². The molecule has 0 aromatic heterocycles. The maximum atomic E-state index is 13.8. The zero-order valence-electron chi connectivity index (χ0n) is 13.9. The fraction of sp³-hybridized carbons (Fsp3) is 0.444. The Morgan fingerprint density at radius 2 is 2.00 bits per heavy atom. The molecule has 0 bridgehead atoms. The summed E-state index contributed by atoms with van der Waals surface area (Å²) in [4.78, 5) is 12.2. The first kappa shape index (κ1) is 18.1. The van der Waals surface area contributed by atoms with Crippen molar-refractivity contribution in [3.05, 3.63) is 46.3 Å². The number of hydrogen-bond donors (Lipinski definition) is 0. The van der Waals surface area contributed by atoms with Crippen molar-refractivity contribution in [3.8, 4) is 6.07 Å². The number of carbonyl (C=O) groups excluding carboxylic acids is 1. The van der Waals surface area contributed by atoms with Gasteiger partial charge in [-0.15, -0.1) is 0 Å². The lowest BCUT2D eigenvalue weighted by Crippen LogP contribution is -2.13. The van der Waals surface area contributed by atoms with Crippen LogP contribution in [0.5, 0.6) is 0 Å². The van der Waals surface area contributed by atoms with Gasteiger partial charge in [-0.3, -0.25) is 4.79 Å². The van der Waals surface area contributed by atoms with Crippen LogP contribution in [0.4, 0.5) is 13.2 Å². The third-order valence-electron chi connectivity index (χ3n) is 4.67. The highest BCUT2D eigenvalue weighted by molar-refractivity contribution is 5.78. The molecular formula is C18H18F3NO2. The van der Waals surface area contributed by atoms with Gasteiger partial charge in [0.2, 0.25) is 0 Å². The molecular weight excluding hydrogens is 319 g/mol. The van der Waals surface area contributed by atoms with Crippen molar-refractivity contribution >= 4 is 5.97 Å². The van der Waals surface area contributed by atoms with E-state index in [9.17, 15) is 18.0 Å². The second-order valence-corrected chi connectivity index (χ2v) is 6.65. The Morgan fingerprint density at radius 3 is 2.58 bits per heavy atom. The first-order chi connectivity index (χ1) is 11.1. The molecule has 1 fully saturated rings. The SMILES string of the molecule is CC(C#N)=CC1C(C(=O)OCc2c(C)c(F)cc(F)c2F)C1(C)C. The van der Waals surface area contributed by atoms with Crippen LogP contribution in [0.25, 0.3) is 0 Å². The number of nitrogens with zero attached hydrogens (tertiary/aromatic N) is 1. The van der Waals surface area contributed by atoms with E-state index in [0.717, 1.165) is 0 Å². The molecule has 3 nitrogen and oxygen atoms in total. The van der Waals surface area contributed by atoms with E-state index in [-0.39, 0.29) is 22.5 Å². The standard InChI is InChI=1S/C18H18F3NO2/c1-9(7-22)5-12-15(18(12,3)4)17(23)24-8-11-10(2)13(19)6-14(20)16(11)21/h5-6,12,15H,8H2,1-4H3. The fourth-order valence-electron chi connectivity index (χ4n) is 2.89. The molecule has 2 atom stereocenters. The number of nitriles is 1. The summed E-state index contributed by atoms with van der Waals surface area (Å²) >= 11 is 0. The number of hydrogen-bond acceptors (Lipinski definition) is 3. The van der Waals surface area contributed by atoms with E-state index in [1.165, 1.54) is 6.92 Å². The summed E-state index contributed by atoms with van der Waals surface area (Å²) in [5.74, 6) is -4.62. The third kappa shape index (κ3) is 3.16. The van der Waals surface area contributed by atoms with Crippen molar-refractivity contribution in [1.29, 1.82) is 5.26 Å². The predicted octanol–water partition coefficient (Wildman–Crippen LogP) is 4.20. The summed E-state index contributed by atoms with van der Waals surface area (Å²) in [7, 11) is 0. The smallest absolute Gasteiger partial charge is 0.310 e. The zero-order valence-corrected chi connectivity index (χ0v) is 13.9. The number of carbonyl (C=O) groups is 1. The Bertz CT molecular complexity index is 736. The third-order valence-corrected chi connectivity index (χ3v) is 4.67. The molecule has 0 aliphatic heterocycles. The average Bonchev–Trinajstić information content (AvgIpc) is 3.05. The quantitative estimate of drug-likeness (QED) is 0.470. The van der Waals surface area contributed by atoms with Crippen LogP contribution in [-0.4, -0.2) is 5.97 Å². The highest BCUT2D eigenvalue weighted by atomic mass is 19.2. The van der Waals surface area contributed by atoms with Gasteiger partial charge in [-0.05, 0) is 30.7 Å². The van der Waals surface area contributed by atoms with E-state index in [0.29, 0.717) is 11.6 Å². The van der Waals surface area contributed by atoms with Gasteiger partial charge in [0.25, 0.3) is 0 Å². The Kier molecular flexibility index (Phi) is 4.75. The molecule has 0 N–H and O–H groups in total. The molecule has 6 heteroatoms. The summed E-state index contributed by atoms with van der Waals surface area (Å²) in [5.41, 5.74) is -0.277. The molecule has 2 unspecified atom stereocenters. The molecule has 0 saturated heterocycles. The first-order valence-corrected chi connectivity index (χ1v) is 7.49. The van der Waals surface area contributed by atoms with Crippen LogP contribution >= 0.6 is 0 Å². The molecule has 128 valence electrons. The Morgan fingerprint density at radius 1 is 1.38 bits per heavy atom. The van der Waals surface area contributed by atoms with Crippen LogP contribution < -0.4 is 0 Å². The molecule has 1 saturated carbocycles. The maximum absolute atomic E-state index is 13.8. The molecule has 1 aromatic rings. The number of esters is 1. The van der Waals surface area contributed by atoms with Crippen molar-refractivity contribution in [2.45, 2.75) is 34.3 Å². The van der Waals surface area contributed by atoms with Crippen molar-refractivity contribution in [3.63, 3.8) is 0 Å². The van der Waals surface area contributed by atoms with Gasteiger partial charge in [0, 0.05) is 17.2 Å². The zero-order chi connectivity index (χ0) is 18.2. The molecule has 1 aromatic carbocycles. The van der Waals surface area contributed by atoms with Crippen LogP contribution in [0.2, 0.25) is 0 Å². The Labute approximate surface area is 138 Å². The molecule has 2 rings (SSSR count). The Hall–Kier alpha value is -2.29. The van der Waals surface area contributed by atoms with Crippen molar-refractivity contribution in [2.75, 3.05) is 0 Å². The highest BCUT2D eigenvalue weighted by Crippen LogP contribution is 2.59. The molecule has 24 heavy (non-hydrogen) atoms. The maximum Gasteiger partial charge on any atom is 0.310 e. The normalized spacial score (nSPS) is 22.0. The molecule has 0 spiro atoms. The number of ether oxygens (including phenoxy) is 1. The number of halogens is 3. The fourth-order valence-corrected chi connectivity index (χ4v) is 2.89. The van der Waals surface area contributed by atoms with Crippen LogP contribution in [0, 0.1) is 53.0 Å². The van der Waals surface area contributed by atoms with Gasteiger partial charge in [-0.1, -0.05) is 19.9 Å². The minimum atomic E-state index is -1.32. The van der Waals surface area contributed by atoms with Crippen LogP contribution in [0.1, 0.15) is 31.9 Å². The van der Waals surface area contributed by atoms with E-state index in [4.69, 9.17) is 10.00 Å². The number of benzene rings is 1. The topological polar surface area (TPSA) is 50.1 Å². The summed E-state index contributed by atoms with van der Waals surface area (Å²) in [6.07, 6.45) is 1.71. The van der Waals surface area contributed by atoms with Crippen LogP contribution in [-0.2, 0) is 16.1 Å². The highest BCUT2D eigenvalue weighted by Gasteiger charge is 2.61. The summed E-state index contributed by atoms with van der Waals surface area (Å²) in [5, 5.41) is 8.82. The van der Waals surface area contributed by atoms with E-state index < -0.39 is 35.9 Å². The van der Waals surface area contributed by atoms with Gasteiger partial charge in [-0.25, -0.2) is 13.2 Å². The van der Waals surface area contributed by atoms with Crippen LogP contribution in [0.3, 0.4) is 0 Å². The molecule has 0 heterocycles. The average molecular weight is 337 g/mol. The molecule has 1 aliphatic rings. The molecule has 1 aliphatic carbocycles. The summed E-state index contributed by atoms with van der Waals surface area (Å²) in [6.45, 7) is 6.12. The monoisotopic (exact) mass is 337 g/mol. The van der Waals surface area contributed by atoms with Gasteiger partial charge in [0.05, 0.1) is 12.0 Å². The lowest BCUT2D eigenvalue weighted by molar-refractivity contribution is -0.147. The van der Waals surface area contributed by atoms with Crippen molar-refractivity contribution in [1.82, 2.24) is 0 Å². The second kappa shape index (κ2) is 6.31. The van der Waals surface area contributed by atoms with E-state index >= 15 is 0 Å². The molecule has 0 radical (unpaired) electrons. The van der Waals surface area contributed by atoms with Crippen molar-refractivity contribution < 1.29 is 22.7 Å². The first-order valence-electron chi connectivity index (χ1n) is 7.49.